The highest BCUT2D eigenvalue weighted by atomic mass is 32.2. The second-order valence-electron chi connectivity index (χ2n) is 6.59. The van der Waals surface area contributed by atoms with Crippen molar-refractivity contribution < 1.29 is 8.42 Å². The Morgan fingerprint density at radius 2 is 1.81 bits per heavy atom. The number of hydrogen-bond acceptors (Lipinski definition) is 7. The van der Waals surface area contributed by atoms with E-state index in [0.717, 1.165) is 25.9 Å². The first kappa shape index (κ1) is 18.9. The summed E-state index contributed by atoms with van der Waals surface area (Å²) in [6, 6.07) is 7.71. The maximum absolute atomic E-state index is 12.7. The van der Waals surface area contributed by atoms with Crippen LogP contribution in [0.4, 0.5) is 17.5 Å². The number of piperidine rings is 1. The molecule has 2 heterocycles. The standard InChI is InChI=1S/C18H22N6O2S/c1-23(2)17-16(13-20-18(21-17)24-10-4-3-5-11-24)22-27(25,26)15-8-6-14(12-19)7-9-15/h6-9,13,22H,3-5,10-11H2,1-2H3. The van der Waals surface area contributed by atoms with Crippen LogP contribution in [0.3, 0.4) is 0 Å². The summed E-state index contributed by atoms with van der Waals surface area (Å²) < 4.78 is 27.9. The highest BCUT2D eigenvalue weighted by Crippen LogP contribution is 2.27. The van der Waals surface area contributed by atoms with Crippen LogP contribution in [0.15, 0.2) is 35.4 Å². The molecule has 0 atom stereocenters. The van der Waals surface area contributed by atoms with E-state index in [1.54, 1.807) is 4.90 Å². The van der Waals surface area contributed by atoms with Crippen molar-refractivity contribution in [1.82, 2.24) is 9.97 Å². The van der Waals surface area contributed by atoms with E-state index >= 15 is 0 Å². The smallest absolute Gasteiger partial charge is 0.262 e. The molecule has 3 rings (SSSR count). The number of hydrogen-bond donors (Lipinski definition) is 1. The Bertz CT molecular complexity index is 945. The van der Waals surface area contributed by atoms with Crippen LogP contribution in [0.5, 0.6) is 0 Å². The summed E-state index contributed by atoms with van der Waals surface area (Å²) in [7, 11) is -0.197. The minimum Gasteiger partial charge on any atom is -0.361 e. The van der Waals surface area contributed by atoms with Gasteiger partial charge in [0.25, 0.3) is 10.0 Å². The van der Waals surface area contributed by atoms with Crippen molar-refractivity contribution in [1.29, 1.82) is 5.26 Å². The van der Waals surface area contributed by atoms with Gasteiger partial charge in [-0.05, 0) is 43.5 Å². The number of benzene rings is 1. The lowest BCUT2D eigenvalue weighted by Gasteiger charge is -2.28. The molecule has 27 heavy (non-hydrogen) atoms. The van der Waals surface area contributed by atoms with E-state index < -0.39 is 10.0 Å². The first-order chi connectivity index (χ1) is 12.9. The molecule has 1 N–H and O–H groups in total. The van der Waals surface area contributed by atoms with E-state index in [4.69, 9.17) is 5.26 Å². The summed E-state index contributed by atoms with van der Waals surface area (Å²) in [6.07, 6.45) is 4.93. The molecule has 2 aromatic rings. The van der Waals surface area contributed by atoms with Crippen molar-refractivity contribution >= 4 is 27.5 Å². The molecule has 0 saturated carbocycles. The van der Waals surface area contributed by atoms with Crippen LogP contribution >= 0.6 is 0 Å². The molecule has 0 amide bonds. The van der Waals surface area contributed by atoms with E-state index in [-0.39, 0.29) is 4.90 Å². The van der Waals surface area contributed by atoms with Crippen LogP contribution < -0.4 is 14.5 Å². The van der Waals surface area contributed by atoms with E-state index in [1.165, 1.54) is 36.9 Å². The molecular formula is C18H22N6O2S. The Kier molecular flexibility index (Phi) is 5.46. The van der Waals surface area contributed by atoms with Crippen molar-refractivity contribution in [2.45, 2.75) is 24.2 Å². The third-order valence-corrected chi connectivity index (χ3v) is 5.74. The average Bonchev–Trinajstić information content (AvgIpc) is 2.68. The van der Waals surface area contributed by atoms with Gasteiger partial charge in [-0.3, -0.25) is 4.72 Å². The third-order valence-electron chi connectivity index (χ3n) is 4.36. The average molecular weight is 386 g/mol. The van der Waals surface area contributed by atoms with Crippen molar-refractivity contribution in [2.24, 2.45) is 0 Å². The highest BCUT2D eigenvalue weighted by Gasteiger charge is 2.21. The van der Waals surface area contributed by atoms with Crippen LogP contribution in [-0.2, 0) is 10.0 Å². The van der Waals surface area contributed by atoms with Crippen LogP contribution in [0, 0.1) is 11.3 Å². The maximum Gasteiger partial charge on any atom is 0.262 e. The lowest BCUT2D eigenvalue weighted by molar-refractivity contribution is 0.568. The van der Waals surface area contributed by atoms with Gasteiger partial charge in [0.15, 0.2) is 5.82 Å². The zero-order valence-electron chi connectivity index (χ0n) is 15.4. The van der Waals surface area contributed by atoms with Gasteiger partial charge < -0.3 is 9.80 Å². The quantitative estimate of drug-likeness (QED) is 0.840. The van der Waals surface area contributed by atoms with Crippen LogP contribution in [0.1, 0.15) is 24.8 Å². The van der Waals surface area contributed by atoms with Crippen molar-refractivity contribution in [2.75, 3.05) is 41.7 Å². The molecular weight excluding hydrogens is 364 g/mol. The number of anilines is 3. The van der Waals surface area contributed by atoms with E-state index in [1.807, 2.05) is 20.2 Å². The number of nitrogens with zero attached hydrogens (tertiary/aromatic N) is 5. The molecule has 0 radical (unpaired) electrons. The second-order valence-corrected chi connectivity index (χ2v) is 8.27. The van der Waals surface area contributed by atoms with Gasteiger partial charge >= 0.3 is 0 Å². The molecule has 1 aromatic heterocycles. The molecule has 1 aliphatic rings. The van der Waals surface area contributed by atoms with Gasteiger partial charge in [-0.15, -0.1) is 0 Å². The van der Waals surface area contributed by atoms with Crippen molar-refractivity contribution in [3.63, 3.8) is 0 Å². The monoisotopic (exact) mass is 386 g/mol. The highest BCUT2D eigenvalue weighted by molar-refractivity contribution is 7.92. The minimum atomic E-state index is -3.81. The fraction of sp³-hybridized carbons (Fsp3) is 0.389. The zero-order valence-corrected chi connectivity index (χ0v) is 16.2. The molecule has 1 fully saturated rings. The van der Waals surface area contributed by atoms with Gasteiger partial charge in [0.2, 0.25) is 5.95 Å². The van der Waals surface area contributed by atoms with Gasteiger partial charge in [0, 0.05) is 27.2 Å². The number of rotatable bonds is 5. The summed E-state index contributed by atoms with van der Waals surface area (Å²) in [5, 5.41) is 8.86. The Labute approximate surface area is 159 Å². The molecule has 9 heteroatoms. The first-order valence-corrected chi connectivity index (χ1v) is 10.2. The lowest BCUT2D eigenvalue weighted by Crippen LogP contribution is -2.31. The summed E-state index contributed by atoms with van der Waals surface area (Å²) in [4.78, 5) is 12.9. The normalized spacial score (nSPS) is 14.5. The number of nitrogens with one attached hydrogen (secondary N) is 1. The Balaban J connectivity index is 1.89. The minimum absolute atomic E-state index is 0.0753. The number of aromatic nitrogens is 2. The van der Waals surface area contributed by atoms with E-state index in [9.17, 15) is 8.42 Å². The van der Waals surface area contributed by atoms with Crippen LogP contribution in [-0.4, -0.2) is 45.6 Å². The van der Waals surface area contributed by atoms with Gasteiger partial charge in [0.05, 0.1) is 22.7 Å². The number of nitriles is 1. The van der Waals surface area contributed by atoms with Crippen LogP contribution in [0.2, 0.25) is 0 Å². The zero-order chi connectivity index (χ0) is 19.4. The summed E-state index contributed by atoms with van der Waals surface area (Å²) >= 11 is 0. The Morgan fingerprint density at radius 3 is 2.41 bits per heavy atom. The van der Waals surface area contributed by atoms with Gasteiger partial charge in [-0.2, -0.15) is 10.2 Å². The number of sulfonamides is 1. The Morgan fingerprint density at radius 1 is 1.15 bits per heavy atom. The van der Waals surface area contributed by atoms with Crippen LogP contribution in [0.25, 0.3) is 0 Å². The second kappa shape index (κ2) is 7.80. The topological polar surface area (TPSA) is 102 Å². The van der Waals surface area contributed by atoms with Gasteiger partial charge in [-0.25, -0.2) is 13.4 Å². The molecule has 1 aromatic carbocycles. The van der Waals surface area contributed by atoms with Gasteiger partial charge in [-0.1, -0.05) is 0 Å². The summed E-state index contributed by atoms with van der Waals surface area (Å²) in [5.41, 5.74) is 0.710. The molecule has 0 aliphatic carbocycles. The van der Waals surface area contributed by atoms with Crippen molar-refractivity contribution in [3.8, 4) is 6.07 Å². The molecule has 142 valence electrons. The fourth-order valence-electron chi connectivity index (χ4n) is 2.94. The fourth-order valence-corrected chi connectivity index (χ4v) is 3.98. The largest absolute Gasteiger partial charge is 0.361 e. The SMILES string of the molecule is CN(C)c1nc(N2CCCCC2)ncc1NS(=O)(=O)c1ccc(C#N)cc1. The van der Waals surface area contributed by atoms with Gasteiger partial charge in [0.1, 0.15) is 5.69 Å². The lowest BCUT2D eigenvalue weighted by atomic mass is 10.1. The molecule has 1 saturated heterocycles. The van der Waals surface area contributed by atoms with E-state index in [2.05, 4.69) is 19.6 Å². The summed E-state index contributed by atoms with van der Waals surface area (Å²) in [6.45, 7) is 1.81. The molecule has 0 spiro atoms. The predicted molar refractivity (Wildman–Crippen MR) is 104 cm³/mol. The molecule has 0 unspecified atom stereocenters. The maximum atomic E-state index is 12.7. The molecule has 0 bridgehead atoms. The Hall–Kier alpha value is -2.86. The first-order valence-electron chi connectivity index (χ1n) is 8.73. The predicted octanol–water partition coefficient (Wildman–Crippen LogP) is 2.21. The molecule has 8 nitrogen and oxygen atoms in total. The van der Waals surface area contributed by atoms with E-state index in [0.29, 0.717) is 23.0 Å². The third kappa shape index (κ3) is 4.28. The summed E-state index contributed by atoms with van der Waals surface area (Å²) in [5.74, 6) is 1.11. The van der Waals surface area contributed by atoms with Crippen molar-refractivity contribution in [3.05, 3.63) is 36.0 Å². The molecule has 1 aliphatic heterocycles.